The fourth-order valence-electron chi connectivity index (χ4n) is 2.18. The molecule has 2 aromatic rings. The average molecular weight is 300 g/mol. The molecule has 0 unspecified atom stereocenters. The van der Waals surface area contributed by atoms with Crippen LogP contribution in [0.1, 0.15) is 18.6 Å². The van der Waals surface area contributed by atoms with Crippen LogP contribution in [0.2, 0.25) is 0 Å². The normalized spacial score (nSPS) is 13.2. The van der Waals surface area contributed by atoms with Gasteiger partial charge >= 0.3 is 0 Å². The molecule has 5 heteroatoms. The summed E-state index contributed by atoms with van der Waals surface area (Å²) in [6, 6.07) is 18.2. The van der Waals surface area contributed by atoms with Crippen LogP contribution >= 0.6 is 0 Å². The van der Waals surface area contributed by atoms with E-state index < -0.39 is 12.1 Å². The van der Waals surface area contributed by atoms with Crippen molar-refractivity contribution in [2.75, 3.05) is 13.2 Å². The van der Waals surface area contributed by atoms with Crippen LogP contribution in [-0.4, -0.2) is 29.3 Å². The fourth-order valence-corrected chi connectivity index (χ4v) is 2.18. The molecule has 0 heterocycles. The highest BCUT2D eigenvalue weighted by atomic mass is 16.5. The molecule has 0 spiro atoms. The van der Waals surface area contributed by atoms with Gasteiger partial charge in [0.1, 0.15) is 18.5 Å². The third-order valence-corrected chi connectivity index (χ3v) is 3.51. The van der Waals surface area contributed by atoms with Crippen molar-refractivity contribution in [3.8, 4) is 5.75 Å². The molecule has 0 amide bonds. The Balaban J connectivity index is 1.89. The topological polar surface area (TPSA) is 62.1 Å². The van der Waals surface area contributed by atoms with Crippen LogP contribution in [0.5, 0.6) is 5.75 Å². The van der Waals surface area contributed by atoms with Gasteiger partial charge in [0.05, 0.1) is 17.9 Å². The van der Waals surface area contributed by atoms with Gasteiger partial charge in [0, 0.05) is 0 Å². The molecule has 0 aliphatic carbocycles. The first-order chi connectivity index (χ1) is 10.7. The summed E-state index contributed by atoms with van der Waals surface area (Å²) in [7, 11) is 0. The number of nitroso groups, excluding NO2 is 1. The first kappa shape index (κ1) is 16.0. The number of aliphatic hydroxyl groups excluding tert-OH is 1. The van der Waals surface area contributed by atoms with E-state index in [1.807, 2.05) is 60.7 Å². The molecule has 0 aliphatic rings. The molecule has 0 bridgehead atoms. The third-order valence-electron chi connectivity index (χ3n) is 3.51. The monoisotopic (exact) mass is 300 g/mol. The molecule has 0 aromatic heterocycles. The molecule has 1 N–H and O–H groups in total. The minimum Gasteiger partial charge on any atom is -0.492 e. The van der Waals surface area contributed by atoms with Gasteiger partial charge in [0.2, 0.25) is 0 Å². The summed E-state index contributed by atoms with van der Waals surface area (Å²) in [5.41, 5.74) is 0.757. The second kappa shape index (κ2) is 8.14. The summed E-state index contributed by atoms with van der Waals surface area (Å²) >= 11 is 0. The zero-order valence-electron chi connectivity index (χ0n) is 12.5. The largest absolute Gasteiger partial charge is 0.492 e. The predicted octanol–water partition coefficient (Wildman–Crippen LogP) is 3.17. The summed E-state index contributed by atoms with van der Waals surface area (Å²) in [5.74, 6) is 0.740. The predicted molar refractivity (Wildman–Crippen MR) is 85.3 cm³/mol. The van der Waals surface area contributed by atoms with Crippen LogP contribution in [0.15, 0.2) is 65.9 Å². The van der Waals surface area contributed by atoms with Gasteiger partial charge in [-0.05, 0) is 24.6 Å². The number of para-hydroxylation sites is 1. The van der Waals surface area contributed by atoms with Gasteiger partial charge in [-0.3, -0.25) is 5.01 Å². The van der Waals surface area contributed by atoms with E-state index in [4.69, 9.17) is 4.74 Å². The van der Waals surface area contributed by atoms with Crippen molar-refractivity contribution in [3.05, 3.63) is 71.1 Å². The van der Waals surface area contributed by atoms with Gasteiger partial charge in [0.15, 0.2) is 0 Å². The number of nitrogens with zero attached hydrogens (tertiary/aromatic N) is 2. The first-order valence-corrected chi connectivity index (χ1v) is 7.23. The standard InChI is InChI=1S/C17H20N2O3/c1-14(17(20)15-8-4-2-5-9-15)19(18-21)12-13-22-16-10-6-3-7-11-16/h2-11,14,17,20H,12-13H2,1H3/t14-,17-/m0/s1. The van der Waals surface area contributed by atoms with E-state index in [1.165, 1.54) is 5.01 Å². The highest BCUT2D eigenvalue weighted by molar-refractivity contribution is 5.21. The molecule has 2 atom stereocenters. The Morgan fingerprint density at radius 2 is 1.68 bits per heavy atom. The van der Waals surface area contributed by atoms with Crippen molar-refractivity contribution in [3.63, 3.8) is 0 Å². The summed E-state index contributed by atoms with van der Waals surface area (Å²) in [6.07, 6.45) is -0.782. The maximum Gasteiger partial charge on any atom is 0.119 e. The molecule has 0 saturated carbocycles. The number of hydrogen-bond acceptors (Lipinski definition) is 4. The van der Waals surface area contributed by atoms with Crippen LogP contribution in [-0.2, 0) is 0 Å². The third kappa shape index (κ3) is 4.30. The van der Waals surface area contributed by atoms with Crippen molar-refractivity contribution in [1.82, 2.24) is 5.01 Å². The van der Waals surface area contributed by atoms with Crippen molar-refractivity contribution in [1.29, 1.82) is 0 Å². The van der Waals surface area contributed by atoms with E-state index in [0.717, 1.165) is 11.3 Å². The zero-order chi connectivity index (χ0) is 15.8. The van der Waals surface area contributed by atoms with Gasteiger partial charge in [-0.2, -0.15) is 0 Å². The Bertz CT molecular complexity index is 563. The minimum atomic E-state index is -0.782. The van der Waals surface area contributed by atoms with Crippen LogP contribution in [0.3, 0.4) is 0 Å². The molecular weight excluding hydrogens is 280 g/mol. The van der Waals surface area contributed by atoms with Gasteiger partial charge in [-0.25, -0.2) is 0 Å². The molecule has 5 nitrogen and oxygen atoms in total. The van der Waals surface area contributed by atoms with E-state index >= 15 is 0 Å². The van der Waals surface area contributed by atoms with Gasteiger partial charge < -0.3 is 9.84 Å². The smallest absolute Gasteiger partial charge is 0.119 e. The molecule has 2 rings (SSSR count). The lowest BCUT2D eigenvalue weighted by atomic mass is 10.0. The molecule has 2 aromatic carbocycles. The number of benzene rings is 2. The van der Waals surface area contributed by atoms with Crippen molar-refractivity contribution in [2.45, 2.75) is 19.1 Å². The quantitative estimate of drug-likeness (QED) is 0.601. The molecule has 116 valence electrons. The SMILES string of the molecule is C[C@@H]([C@H](O)c1ccccc1)N(CCOc1ccccc1)N=O. The summed E-state index contributed by atoms with van der Waals surface area (Å²) in [6.45, 7) is 2.40. The number of rotatable bonds is 8. The van der Waals surface area contributed by atoms with E-state index in [0.29, 0.717) is 13.2 Å². The number of aliphatic hydroxyl groups is 1. The van der Waals surface area contributed by atoms with Crippen molar-refractivity contribution >= 4 is 0 Å². The minimum absolute atomic E-state index is 0.309. The van der Waals surface area contributed by atoms with Crippen molar-refractivity contribution in [2.24, 2.45) is 5.29 Å². The number of hydrogen-bond donors (Lipinski definition) is 1. The lowest BCUT2D eigenvalue weighted by Gasteiger charge is -2.27. The summed E-state index contributed by atoms with van der Waals surface area (Å²) in [5, 5.41) is 14.6. The summed E-state index contributed by atoms with van der Waals surface area (Å²) < 4.78 is 5.55. The van der Waals surface area contributed by atoms with Crippen LogP contribution in [0, 0.1) is 4.91 Å². The van der Waals surface area contributed by atoms with E-state index in [2.05, 4.69) is 5.29 Å². The fraction of sp³-hybridized carbons (Fsp3) is 0.294. The Labute approximate surface area is 130 Å². The highest BCUT2D eigenvalue weighted by Crippen LogP contribution is 2.20. The van der Waals surface area contributed by atoms with Gasteiger partial charge in [-0.15, -0.1) is 4.91 Å². The Kier molecular flexibility index (Phi) is 5.91. The lowest BCUT2D eigenvalue weighted by Crippen LogP contribution is -2.36. The molecule has 0 fully saturated rings. The van der Waals surface area contributed by atoms with Crippen molar-refractivity contribution < 1.29 is 9.84 Å². The molecule has 0 radical (unpaired) electrons. The lowest BCUT2D eigenvalue weighted by molar-refractivity contribution is 0.0505. The maximum atomic E-state index is 11.0. The Morgan fingerprint density at radius 3 is 2.27 bits per heavy atom. The van der Waals surface area contributed by atoms with Gasteiger partial charge in [0.25, 0.3) is 0 Å². The summed E-state index contributed by atoms with van der Waals surface area (Å²) in [4.78, 5) is 11.0. The van der Waals surface area contributed by atoms with Crippen LogP contribution in [0.4, 0.5) is 0 Å². The molecule has 0 saturated heterocycles. The van der Waals surface area contributed by atoms with Gasteiger partial charge in [-0.1, -0.05) is 48.5 Å². The molecule has 22 heavy (non-hydrogen) atoms. The molecular formula is C17H20N2O3. The highest BCUT2D eigenvalue weighted by Gasteiger charge is 2.23. The van der Waals surface area contributed by atoms with Crippen LogP contribution < -0.4 is 4.74 Å². The van der Waals surface area contributed by atoms with E-state index in [1.54, 1.807) is 6.92 Å². The number of ether oxygens (including phenoxy) is 1. The zero-order valence-corrected chi connectivity index (χ0v) is 12.5. The van der Waals surface area contributed by atoms with E-state index in [9.17, 15) is 10.0 Å². The van der Waals surface area contributed by atoms with Crippen LogP contribution in [0.25, 0.3) is 0 Å². The molecule has 0 aliphatic heterocycles. The Hall–Kier alpha value is -2.40. The maximum absolute atomic E-state index is 11.0. The van der Waals surface area contributed by atoms with E-state index in [-0.39, 0.29) is 0 Å². The average Bonchev–Trinajstić information content (AvgIpc) is 2.59. The first-order valence-electron chi connectivity index (χ1n) is 7.23. The Morgan fingerprint density at radius 1 is 1.09 bits per heavy atom. The second-order valence-corrected chi connectivity index (χ2v) is 5.00. The second-order valence-electron chi connectivity index (χ2n) is 5.00.